The van der Waals surface area contributed by atoms with Gasteiger partial charge in [0.2, 0.25) is 0 Å². The molecule has 28 heavy (non-hydrogen) atoms. The van der Waals surface area contributed by atoms with E-state index in [-0.39, 0.29) is 18.4 Å². The van der Waals surface area contributed by atoms with E-state index in [1.807, 2.05) is 18.2 Å². The number of ether oxygens (including phenoxy) is 3. The summed E-state index contributed by atoms with van der Waals surface area (Å²) in [5.41, 5.74) is 2.20. The van der Waals surface area contributed by atoms with Gasteiger partial charge in [-0.25, -0.2) is 4.79 Å². The van der Waals surface area contributed by atoms with Crippen molar-refractivity contribution in [2.45, 2.75) is 45.8 Å². The zero-order valence-electron chi connectivity index (χ0n) is 16.8. The van der Waals surface area contributed by atoms with Crippen LogP contribution < -0.4 is 4.74 Å². The molecule has 0 fully saturated rings. The van der Waals surface area contributed by atoms with Crippen molar-refractivity contribution in [3.8, 4) is 5.75 Å². The van der Waals surface area contributed by atoms with Gasteiger partial charge in [-0.2, -0.15) is 0 Å². The number of allylic oxidation sites excluding steroid dienone is 1. The topological polar surface area (TPSA) is 65.1 Å². The van der Waals surface area contributed by atoms with Gasteiger partial charge in [0.25, 0.3) is 0 Å². The third kappa shape index (κ3) is 5.17. The molecule has 6 nitrogen and oxygen atoms in total. The maximum absolute atomic E-state index is 12.5. The molecule has 2 rings (SSSR count). The molecule has 7 heteroatoms. The summed E-state index contributed by atoms with van der Waals surface area (Å²) in [6.07, 6.45) is 3.20. The molecule has 0 amide bonds. The summed E-state index contributed by atoms with van der Waals surface area (Å²) in [6.45, 7) is 4.10. The zero-order chi connectivity index (χ0) is 20.7. The quantitative estimate of drug-likeness (QED) is 0.508. The maximum atomic E-state index is 12.5. The lowest BCUT2D eigenvalue weighted by Crippen LogP contribution is -2.43. The van der Waals surface area contributed by atoms with Crippen LogP contribution in [-0.4, -0.2) is 48.5 Å². The molecule has 0 saturated carbocycles. The molecule has 1 heterocycles. The molecule has 1 unspecified atom stereocenters. The Kier molecular flexibility index (Phi) is 8.14. The van der Waals surface area contributed by atoms with Crippen LogP contribution in [0.15, 0.2) is 24.3 Å². The Labute approximate surface area is 171 Å². The van der Waals surface area contributed by atoms with E-state index in [2.05, 4.69) is 0 Å². The summed E-state index contributed by atoms with van der Waals surface area (Å²) in [4.78, 5) is 27.3. The van der Waals surface area contributed by atoms with E-state index >= 15 is 0 Å². The van der Waals surface area contributed by atoms with E-state index in [1.165, 1.54) is 0 Å². The molecule has 1 aliphatic rings. The van der Waals surface area contributed by atoms with E-state index < -0.39 is 6.04 Å². The number of methoxy groups -OCH3 is 2. The molecule has 1 aromatic carbocycles. The van der Waals surface area contributed by atoms with Crippen molar-refractivity contribution >= 4 is 34.7 Å². The molecule has 1 aromatic rings. The van der Waals surface area contributed by atoms with Gasteiger partial charge in [0.15, 0.2) is 5.78 Å². The summed E-state index contributed by atoms with van der Waals surface area (Å²) in [7, 11) is 3.19. The van der Waals surface area contributed by atoms with E-state index in [4.69, 9.17) is 26.4 Å². The minimum Gasteiger partial charge on any atom is -0.497 e. The lowest BCUT2D eigenvalue weighted by Gasteiger charge is -2.34. The lowest BCUT2D eigenvalue weighted by atomic mass is 9.98. The molecular formula is C21H27NO5S. The van der Waals surface area contributed by atoms with E-state index in [9.17, 15) is 9.59 Å². The average Bonchev–Trinajstić information content (AvgIpc) is 2.66. The zero-order valence-corrected chi connectivity index (χ0v) is 17.6. The molecule has 1 aliphatic heterocycles. The summed E-state index contributed by atoms with van der Waals surface area (Å²) in [5, 5.41) is 0. The second kappa shape index (κ2) is 10.3. The van der Waals surface area contributed by atoms with Crippen LogP contribution in [0.5, 0.6) is 5.75 Å². The highest BCUT2D eigenvalue weighted by atomic mass is 32.1. The molecular weight excluding hydrogens is 378 g/mol. The fourth-order valence-corrected chi connectivity index (χ4v) is 3.59. The van der Waals surface area contributed by atoms with Crippen molar-refractivity contribution in [3.63, 3.8) is 0 Å². The number of benzene rings is 1. The van der Waals surface area contributed by atoms with Crippen LogP contribution in [0.25, 0.3) is 5.70 Å². The Bertz CT molecular complexity index is 774. The Morgan fingerprint density at radius 2 is 2.04 bits per heavy atom. The largest absolute Gasteiger partial charge is 0.497 e. The number of rotatable bonds is 7. The van der Waals surface area contributed by atoms with Crippen LogP contribution in [0, 0.1) is 0 Å². The number of carbonyl (C=O) groups excluding carboxylic acids is 2. The van der Waals surface area contributed by atoms with Gasteiger partial charge in [-0.3, -0.25) is 4.79 Å². The first kappa shape index (κ1) is 22.0. The molecule has 152 valence electrons. The Morgan fingerprint density at radius 3 is 2.68 bits per heavy atom. The highest BCUT2D eigenvalue weighted by molar-refractivity contribution is 7.80. The van der Waals surface area contributed by atoms with Crippen molar-refractivity contribution in [2.24, 2.45) is 0 Å². The second-order valence-electron chi connectivity index (χ2n) is 6.50. The Hall–Kier alpha value is -2.25. The summed E-state index contributed by atoms with van der Waals surface area (Å²) in [5.74, 6) is 0.296. The van der Waals surface area contributed by atoms with E-state index in [1.54, 1.807) is 39.0 Å². The first-order valence-electron chi connectivity index (χ1n) is 9.32. The van der Waals surface area contributed by atoms with Crippen LogP contribution in [-0.2, 0) is 25.7 Å². The average molecular weight is 406 g/mol. The molecule has 0 aliphatic carbocycles. The highest BCUT2D eigenvalue weighted by Gasteiger charge is 2.31. The molecule has 1 atom stereocenters. The van der Waals surface area contributed by atoms with Gasteiger partial charge in [0.1, 0.15) is 11.8 Å². The maximum Gasteiger partial charge on any atom is 0.328 e. The first-order valence-corrected chi connectivity index (χ1v) is 9.73. The lowest BCUT2D eigenvalue weighted by molar-refractivity contribution is -0.146. The van der Waals surface area contributed by atoms with Gasteiger partial charge in [0.05, 0.1) is 31.0 Å². The van der Waals surface area contributed by atoms with Gasteiger partial charge in [0, 0.05) is 25.2 Å². The van der Waals surface area contributed by atoms with Crippen LogP contribution in [0.3, 0.4) is 0 Å². The van der Waals surface area contributed by atoms with Crippen LogP contribution in [0.2, 0.25) is 0 Å². The van der Waals surface area contributed by atoms with Gasteiger partial charge >= 0.3 is 5.97 Å². The molecule has 0 aromatic heterocycles. The van der Waals surface area contributed by atoms with Crippen molar-refractivity contribution in [2.75, 3.05) is 20.8 Å². The third-order valence-electron chi connectivity index (χ3n) is 4.54. The molecule has 0 radical (unpaired) electrons. The highest BCUT2D eigenvalue weighted by Crippen LogP contribution is 2.31. The fourth-order valence-electron chi connectivity index (χ4n) is 3.19. The fraction of sp³-hybridized carbons (Fsp3) is 0.476. The van der Waals surface area contributed by atoms with Crippen LogP contribution in [0.4, 0.5) is 0 Å². The molecule has 0 bridgehead atoms. The van der Waals surface area contributed by atoms with Crippen molar-refractivity contribution in [1.82, 2.24) is 4.90 Å². The van der Waals surface area contributed by atoms with Gasteiger partial charge in [-0.05, 0) is 50.5 Å². The number of carbonyl (C=O) groups is 2. The molecule has 0 spiro atoms. The normalized spacial score (nSPS) is 16.1. The second-order valence-corrected chi connectivity index (χ2v) is 6.97. The summed E-state index contributed by atoms with van der Waals surface area (Å²) >= 11 is 5.64. The number of hydrogen-bond donors (Lipinski definition) is 0. The third-order valence-corrected chi connectivity index (χ3v) is 4.94. The predicted octanol–water partition coefficient (Wildman–Crippen LogP) is 3.52. The first-order chi connectivity index (χ1) is 13.4. The van der Waals surface area contributed by atoms with E-state index in [0.717, 1.165) is 11.1 Å². The van der Waals surface area contributed by atoms with Gasteiger partial charge in [-0.15, -0.1) is 0 Å². The van der Waals surface area contributed by atoms with Crippen LogP contribution in [0.1, 0.15) is 44.2 Å². The number of esters is 1. The van der Waals surface area contributed by atoms with Crippen LogP contribution >= 0.6 is 12.2 Å². The Balaban J connectivity index is 2.62. The van der Waals surface area contributed by atoms with Crippen molar-refractivity contribution in [1.29, 1.82) is 0 Å². The number of thiocarbonyl (C=S) groups is 1. The Morgan fingerprint density at radius 1 is 1.29 bits per heavy atom. The van der Waals surface area contributed by atoms with Gasteiger partial charge in [-0.1, -0.05) is 12.2 Å². The standard InChI is InChI=1S/C21H27NO5S/c1-5-27-21(24)14(2)22-19(12-16(23)7-6-8-20(22)28)18-10-9-17(26-4)11-15(18)13-25-3/h9-12,14H,5-8,13H2,1-4H3. The van der Waals surface area contributed by atoms with Gasteiger partial charge < -0.3 is 19.1 Å². The van der Waals surface area contributed by atoms with Crippen molar-refractivity contribution in [3.05, 3.63) is 35.4 Å². The molecule has 0 saturated heterocycles. The number of nitrogens with zero attached hydrogens (tertiary/aromatic N) is 1. The van der Waals surface area contributed by atoms with E-state index in [0.29, 0.717) is 42.3 Å². The minimum absolute atomic E-state index is 0.00209. The predicted molar refractivity (Wildman–Crippen MR) is 111 cm³/mol. The smallest absolute Gasteiger partial charge is 0.328 e. The molecule has 0 N–H and O–H groups in total. The minimum atomic E-state index is -0.651. The number of hydrogen-bond acceptors (Lipinski definition) is 6. The SMILES string of the molecule is CCOC(=O)C(C)N1C(=S)CCCC(=O)C=C1c1ccc(OC)cc1COC. The summed E-state index contributed by atoms with van der Waals surface area (Å²) in [6, 6.07) is 4.89. The van der Waals surface area contributed by atoms with Crippen molar-refractivity contribution < 1.29 is 23.8 Å². The number of ketones is 1. The summed E-state index contributed by atoms with van der Waals surface area (Å²) < 4.78 is 15.9. The monoisotopic (exact) mass is 405 g/mol.